The van der Waals surface area contributed by atoms with Crippen molar-refractivity contribution in [3.63, 3.8) is 0 Å². The van der Waals surface area contributed by atoms with E-state index < -0.39 is 24.7 Å². The summed E-state index contributed by atoms with van der Waals surface area (Å²) in [7, 11) is -2.20. The van der Waals surface area contributed by atoms with E-state index in [0.29, 0.717) is 0 Å². The van der Waals surface area contributed by atoms with Crippen LogP contribution in [0.25, 0.3) is 0 Å². The molecule has 1 rings (SSSR count). The van der Waals surface area contributed by atoms with Gasteiger partial charge in [0.15, 0.2) is 5.75 Å². The molecule has 0 amide bonds. The molecule has 0 fully saturated rings. The number of rotatable bonds is 4. The molecule has 0 heterocycles. The number of halogens is 2. The van der Waals surface area contributed by atoms with Crippen molar-refractivity contribution in [1.82, 2.24) is 0 Å². The topological polar surface area (TPSA) is 58.9 Å². The van der Waals surface area contributed by atoms with E-state index in [-0.39, 0.29) is 12.4 Å². The van der Waals surface area contributed by atoms with Gasteiger partial charge in [0.05, 0.1) is 6.61 Å². The first-order chi connectivity index (χ1) is 7.06. The zero-order valence-corrected chi connectivity index (χ0v) is 7.91. The molecule has 82 valence electrons. The molecule has 1 aromatic carbocycles. The fourth-order valence-corrected chi connectivity index (χ4v) is 0.986. The van der Waals surface area contributed by atoms with E-state index in [1.165, 1.54) is 0 Å². The van der Waals surface area contributed by atoms with E-state index in [1.54, 1.807) is 6.92 Å². The minimum Gasteiger partial charge on any atom is -0.509 e. The van der Waals surface area contributed by atoms with Crippen LogP contribution in [0.5, 0.6) is 11.5 Å². The van der Waals surface area contributed by atoms with E-state index in [1.807, 2.05) is 0 Å². The third-order valence-electron chi connectivity index (χ3n) is 1.54. The van der Waals surface area contributed by atoms with E-state index in [4.69, 9.17) is 14.8 Å². The van der Waals surface area contributed by atoms with Crippen molar-refractivity contribution >= 4 is 7.32 Å². The lowest BCUT2D eigenvalue weighted by atomic mass is 10.2. The molecule has 2 N–H and O–H groups in total. The summed E-state index contributed by atoms with van der Waals surface area (Å²) in [5.41, 5.74) is 0. The van der Waals surface area contributed by atoms with Crippen LogP contribution in [-0.2, 0) is 0 Å². The van der Waals surface area contributed by atoms with Crippen molar-refractivity contribution in [2.75, 3.05) is 6.61 Å². The van der Waals surface area contributed by atoms with Gasteiger partial charge in [0, 0.05) is 0 Å². The Bertz CT molecular complexity index is 346. The Morgan fingerprint density at radius 2 is 1.73 bits per heavy atom. The summed E-state index contributed by atoms with van der Waals surface area (Å²) in [4.78, 5) is 0. The highest BCUT2D eigenvalue weighted by atomic mass is 19.2. The Labute approximate surface area is 85.2 Å². The Hall–Kier alpha value is -1.34. The molecule has 0 unspecified atom stereocenters. The largest absolute Gasteiger partial charge is 0.707 e. The lowest BCUT2D eigenvalue weighted by Crippen LogP contribution is -2.21. The first kappa shape index (κ1) is 11.7. The van der Waals surface area contributed by atoms with Gasteiger partial charge in [0.2, 0.25) is 11.6 Å². The number of benzene rings is 1. The van der Waals surface area contributed by atoms with Crippen molar-refractivity contribution in [2.24, 2.45) is 0 Å². The van der Waals surface area contributed by atoms with Crippen LogP contribution in [0.2, 0.25) is 0 Å². The minimum absolute atomic E-state index is 0.194. The van der Waals surface area contributed by atoms with E-state index in [9.17, 15) is 8.78 Å². The van der Waals surface area contributed by atoms with Crippen LogP contribution >= 0.6 is 0 Å². The molecule has 0 atom stereocenters. The van der Waals surface area contributed by atoms with Crippen molar-refractivity contribution in [3.8, 4) is 11.5 Å². The van der Waals surface area contributed by atoms with Crippen molar-refractivity contribution < 1.29 is 28.2 Å². The van der Waals surface area contributed by atoms with Crippen LogP contribution in [0.1, 0.15) is 6.92 Å². The molecule has 0 radical (unpaired) electrons. The fraction of sp³-hybridized carbons (Fsp3) is 0.250. The molecular weight excluding hydrogens is 209 g/mol. The molecule has 15 heavy (non-hydrogen) atoms. The van der Waals surface area contributed by atoms with E-state index in [0.717, 1.165) is 12.1 Å². The third-order valence-corrected chi connectivity index (χ3v) is 1.54. The fourth-order valence-electron chi connectivity index (χ4n) is 0.986. The maximum Gasteiger partial charge on any atom is 0.707 e. The van der Waals surface area contributed by atoms with Gasteiger partial charge in [0.25, 0.3) is 0 Å². The lowest BCUT2D eigenvalue weighted by Gasteiger charge is -2.09. The number of ether oxygens (including phenoxy) is 1. The number of hydrogen-bond donors (Lipinski definition) is 2. The Morgan fingerprint density at radius 1 is 1.20 bits per heavy atom. The quantitative estimate of drug-likeness (QED) is 0.730. The minimum atomic E-state index is -2.20. The summed E-state index contributed by atoms with van der Waals surface area (Å²) in [6.07, 6.45) is 0. The normalized spacial score (nSPS) is 9.93. The zero-order chi connectivity index (χ0) is 11.4. The molecule has 0 saturated heterocycles. The molecular formula is C8H9BF2O4. The van der Waals surface area contributed by atoms with Crippen LogP contribution in [-0.4, -0.2) is 24.0 Å². The van der Waals surface area contributed by atoms with E-state index in [2.05, 4.69) is 4.65 Å². The van der Waals surface area contributed by atoms with Gasteiger partial charge in [-0.05, 0) is 19.1 Å². The first-order valence-electron chi connectivity index (χ1n) is 4.19. The van der Waals surface area contributed by atoms with Crippen LogP contribution in [0, 0.1) is 11.6 Å². The van der Waals surface area contributed by atoms with Gasteiger partial charge in [-0.1, -0.05) is 0 Å². The van der Waals surface area contributed by atoms with Crippen LogP contribution in [0.4, 0.5) is 8.78 Å². The monoisotopic (exact) mass is 218 g/mol. The second-order valence-corrected chi connectivity index (χ2v) is 2.57. The average Bonchev–Trinajstić information content (AvgIpc) is 2.17. The highest BCUT2D eigenvalue weighted by molar-refractivity contribution is 6.33. The summed E-state index contributed by atoms with van der Waals surface area (Å²) in [5.74, 6) is -3.40. The standard InChI is InChI=1S/C8H9BF2O4/c1-2-14-5-3-4-6(15-9(12)13)8(11)7(5)10/h3-4,12-13H,2H2,1H3. The summed E-state index contributed by atoms with van der Waals surface area (Å²) in [6, 6.07) is 2.18. The summed E-state index contributed by atoms with van der Waals surface area (Å²) < 4.78 is 35.3. The van der Waals surface area contributed by atoms with Crippen molar-refractivity contribution in [2.45, 2.75) is 6.92 Å². The maximum atomic E-state index is 13.2. The molecule has 0 aliphatic rings. The summed E-state index contributed by atoms with van der Waals surface area (Å²) >= 11 is 0. The van der Waals surface area contributed by atoms with Gasteiger partial charge in [-0.2, -0.15) is 8.78 Å². The zero-order valence-electron chi connectivity index (χ0n) is 7.91. The molecule has 0 bridgehead atoms. The third kappa shape index (κ3) is 2.80. The van der Waals surface area contributed by atoms with Gasteiger partial charge in [-0.15, -0.1) is 0 Å². The SMILES string of the molecule is CCOc1ccc(OB(O)O)c(F)c1F. The molecule has 4 nitrogen and oxygen atoms in total. The van der Waals surface area contributed by atoms with Gasteiger partial charge in [-0.25, -0.2) is 0 Å². The Kier molecular flexibility index (Phi) is 3.87. The summed E-state index contributed by atoms with van der Waals surface area (Å²) in [5, 5.41) is 16.8. The molecule has 0 aliphatic carbocycles. The molecule has 7 heteroatoms. The van der Waals surface area contributed by atoms with E-state index >= 15 is 0 Å². The second kappa shape index (κ2) is 4.95. The molecule has 0 aromatic heterocycles. The molecule has 1 aromatic rings. The van der Waals surface area contributed by atoms with Crippen LogP contribution < -0.4 is 9.39 Å². The van der Waals surface area contributed by atoms with Crippen molar-refractivity contribution in [1.29, 1.82) is 0 Å². The lowest BCUT2D eigenvalue weighted by molar-refractivity contribution is 0.274. The Morgan fingerprint density at radius 3 is 2.27 bits per heavy atom. The molecule has 0 aliphatic heterocycles. The van der Waals surface area contributed by atoms with Gasteiger partial charge < -0.3 is 19.4 Å². The van der Waals surface area contributed by atoms with Gasteiger partial charge >= 0.3 is 7.32 Å². The smallest absolute Gasteiger partial charge is 0.509 e. The maximum absolute atomic E-state index is 13.2. The average molecular weight is 218 g/mol. The van der Waals surface area contributed by atoms with Crippen molar-refractivity contribution in [3.05, 3.63) is 23.8 Å². The van der Waals surface area contributed by atoms with Crippen LogP contribution in [0.15, 0.2) is 12.1 Å². The molecule has 0 spiro atoms. The van der Waals surface area contributed by atoms with Crippen LogP contribution in [0.3, 0.4) is 0 Å². The molecule has 0 saturated carbocycles. The first-order valence-corrected chi connectivity index (χ1v) is 4.19. The second-order valence-electron chi connectivity index (χ2n) is 2.57. The van der Waals surface area contributed by atoms with Gasteiger partial charge in [-0.3, -0.25) is 0 Å². The summed E-state index contributed by atoms with van der Waals surface area (Å²) in [6.45, 7) is 1.82. The number of hydrogen-bond acceptors (Lipinski definition) is 4. The predicted molar refractivity (Wildman–Crippen MR) is 48.3 cm³/mol. The highest BCUT2D eigenvalue weighted by Crippen LogP contribution is 2.27. The van der Waals surface area contributed by atoms with Gasteiger partial charge in [0.1, 0.15) is 5.75 Å². The predicted octanol–water partition coefficient (Wildman–Crippen LogP) is 0.712. The Balaban J connectivity index is 2.98. The highest BCUT2D eigenvalue weighted by Gasteiger charge is 2.19.